The first kappa shape index (κ1) is 23.1. The lowest BCUT2D eigenvalue weighted by molar-refractivity contribution is -0.144. The van der Waals surface area contributed by atoms with E-state index in [0.29, 0.717) is 28.7 Å². The van der Waals surface area contributed by atoms with Crippen LogP contribution in [0.25, 0.3) is 17.2 Å². The van der Waals surface area contributed by atoms with Gasteiger partial charge < -0.3 is 9.84 Å². The maximum atomic E-state index is 13.0. The number of aliphatic hydroxyl groups is 1. The van der Waals surface area contributed by atoms with E-state index >= 15 is 0 Å². The summed E-state index contributed by atoms with van der Waals surface area (Å²) in [5, 5.41) is 10.3. The van der Waals surface area contributed by atoms with Gasteiger partial charge in [0.25, 0.3) is 0 Å². The van der Waals surface area contributed by atoms with Crippen molar-refractivity contribution in [2.75, 3.05) is 0 Å². The molecule has 4 nitrogen and oxygen atoms in total. The van der Waals surface area contributed by atoms with E-state index in [1.54, 1.807) is 24.4 Å². The molecule has 6 unspecified atom stereocenters. The molecule has 0 radical (unpaired) electrons. The minimum Gasteiger partial charge on any atom is -0.462 e. The lowest BCUT2D eigenvalue weighted by Crippen LogP contribution is -2.45. The van der Waals surface area contributed by atoms with Gasteiger partial charge in [-0.25, -0.2) is 0 Å². The molecule has 0 amide bonds. The fraction of sp³-hybridized carbons (Fsp3) is 0.481. The van der Waals surface area contributed by atoms with E-state index in [1.807, 2.05) is 13.0 Å². The Kier molecular flexibility index (Phi) is 6.00. The van der Waals surface area contributed by atoms with Gasteiger partial charge in [-0.3, -0.25) is 9.78 Å². The summed E-state index contributed by atoms with van der Waals surface area (Å²) in [4.78, 5) is 16.9. The zero-order chi connectivity index (χ0) is 24.0. The first-order chi connectivity index (χ1) is 16.2. The van der Waals surface area contributed by atoms with E-state index in [-0.39, 0.29) is 35.9 Å². The number of ether oxygens (including phenoxy) is 1. The standard InChI is InChI=1S/C27H28F3NO3/c1-15-25-22(23-13-21(32)9-6-17(23)12-24(25)26(33)34-15)10-8-20-7-5-18(14-31-20)16-3-2-4-19(11-16)27(28,29)30/h2-5,7-8,10-11,14-15,17,21-25,32H,6,9,12-13H2,1H3/b10-8+/t15?,17?,21?,22-,23?,24?,25?/m1/s1. The van der Waals surface area contributed by atoms with Crippen molar-refractivity contribution in [2.45, 2.75) is 51.0 Å². The second kappa shape index (κ2) is 8.84. The molecule has 1 aromatic heterocycles. The number of hydrogen-bond acceptors (Lipinski definition) is 4. The summed E-state index contributed by atoms with van der Waals surface area (Å²) in [6, 6.07) is 8.77. The lowest BCUT2D eigenvalue weighted by Gasteiger charge is -2.46. The molecule has 2 heterocycles. The van der Waals surface area contributed by atoms with Crippen LogP contribution in [0, 0.1) is 29.6 Å². The smallest absolute Gasteiger partial charge is 0.416 e. The van der Waals surface area contributed by atoms with Crippen molar-refractivity contribution >= 4 is 12.0 Å². The minimum atomic E-state index is -4.39. The van der Waals surface area contributed by atoms with Crippen molar-refractivity contribution in [2.24, 2.45) is 29.6 Å². The average Bonchev–Trinajstić information content (AvgIpc) is 3.10. The largest absolute Gasteiger partial charge is 0.462 e. The van der Waals surface area contributed by atoms with Gasteiger partial charge in [0.2, 0.25) is 0 Å². The molecule has 1 saturated heterocycles. The quantitative estimate of drug-likeness (QED) is 0.579. The van der Waals surface area contributed by atoms with Gasteiger partial charge in [0.15, 0.2) is 0 Å². The van der Waals surface area contributed by atoms with Crippen molar-refractivity contribution in [1.29, 1.82) is 0 Å². The van der Waals surface area contributed by atoms with Gasteiger partial charge in [-0.05, 0) is 80.2 Å². The average molecular weight is 472 g/mol. The summed E-state index contributed by atoms with van der Waals surface area (Å²) < 4.78 is 44.7. The van der Waals surface area contributed by atoms with Crippen molar-refractivity contribution in [3.05, 3.63) is 59.9 Å². The Morgan fingerprint density at radius 2 is 1.94 bits per heavy atom. The van der Waals surface area contributed by atoms with Crippen LogP contribution in [0.1, 0.15) is 43.9 Å². The molecular weight excluding hydrogens is 443 g/mol. The van der Waals surface area contributed by atoms with Crippen LogP contribution in [0.4, 0.5) is 13.2 Å². The number of carbonyl (C=O) groups is 1. The fourth-order valence-corrected chi connectivity index (χ4v) is 6.32. The number of aromatic nitrogens is 1. The minimum absolute atomic E-state index is 0.0830. The van der Waals surface area contributed by atoms with Gasteiger partial charge in [0.05, 0.1) is 23.3 Å². The Bertz CT molecular complexity index is 1080. The van der Waals surface area contributed by atoms with E-state index in [1.165, 1.54) is 6.07 Å². The molecule has 3 aliphatic rings. The van der Waals surface area contributed by atoms with Crippen LogP contribution in [-0.2, 0) is 15.7 Å². The molecule has 7 atom stereocenters. The van der Waals surface area contributed by atoms with Gasteiger partial charge in [-0.1, -0.05) is 24.3 Å². The second-order valence-corrected chi connectivity index (χ2v) is 9.94. The van der Waals surface area contributed by atoms with E-state index < -0.39 is 11.7 Å². The fourth-order valence-electron chi connectivity index (χ4n) is 6.32. The number of hydrogen-bond donors (Lipinski definition) is 1. The summed E-state index contributed by atoms with van der Waals surface area (Å²) in [6.45, 7) is 1.95. The number of carbonyl (C=O) groups excluding carboxylic acids is 1. The molecule has 34 heavy (non-hydrogen) atoms. The normalized spacial score (nSPS) is 33.4. The maximum absolute atomic E-state index is 13.0. The Labute approximate surface area is 196 Å². The van der Waals surface area contributed by atoms with Gasteiger partial charge in [0, 0.05) is 17.7 Å². The van der Waals surface area contributed by atoms with Gasteiger partial charge >= 0.3 is 12.1 Å². The second-order valence-electron chi connectivity index (χ2n) is 9.94. The number of allylic oxidation sites excluding steroid dienone is 1. The Morgan fingerprint density at radius 3 is 2.68 bits per heavy atom. The van der Waals surface area contributed by atoms with Crippen LogP contribution < -0.4 is 0 Å². The SMILES string of the molecule is CC1OC(=O)C2CC3CCC(O)CC3[C@@H](/C=C/c3ccc(-c4cccc(C(F)(F)F)c4)cn3)C12. The molecular formula is C27H28F3NO3. The molecule has 1 aromatic carbocycles. The third-order valence-electron chi connectivity index (χ3n) is 7.93. The highest BCUT2D eigenvalue weighted by Crippen LogP contribution is 2.53. The number of alkyl halides is 3. The third kappa shape index (κ3) is 4.38. The Morgan fingerprint density at radius 1 is 1.12 bits per heavy atom. The topological polar surface area (TPSA) is 59.4 Å². The molecule has 180 valence electrons. The summed E-state index contributed by atoms with van der Waals surface area (Å²) in [5.41, 5.74) is 1.08. The van der Waals surface area contributed by atoms with Crippen LogP contribution in [0.2, 0.25) is 0 Å². The van der Waals surface area contributed by atoms with Crippen LogP contribution in [-0.4, -0.2) is 28.3 Å². The summed E-state index contributed by atoms with van der Waals surface area (Å²) >= 11 is 0. The van der Waals surface area contributed by atoms with Crippen molar-refractivity contribution < 1.29 is 27.8 Å². The van der Waals surface area contributed by atoms with Crippen LogP contribution >= 0.6 is 0 Å². The maximum Gasteiger partial charge on any atom is 0.416 e. The zero-order valence-corrected chi connectivity index (χ0v) is 18.9. The molecule has 3 fully saturated rings. The number of halogens is 3. The molecule has 0 spiro atoms. The van der Waals surface area contributed by atoms with Crippen molar-refractivity contribution in [3.63, 3.8) is 0 Å². The molecule has 2 saturated carbocycles. The number of aliphatic hydroxyl groups excluding tert-OH is 1. The molecule has 7 heteroatoms. The molecule has 0 bridgehead atoms. The summed E-state index contributed by atoms with van der Waals surface area (Å²) in [7, 11) is 0. The molecule has 1 N–H and O–H groups in total. The number of benzene rings is 1. The van der Waals surface area contributed by atoms with E-state index in [2.05, 4.69) is 11.1 Å². The van der Waals surface area contributed by atoms with Crippen LogP contribution in [0.5, 0.6) is 0 Å². The first-order valence-electron chi connectivity index (χ1n) is 11.9. The highest BCUT2D eigenvalue weighted by Gasteiger charge is 2.54. The monoisotopic (exact) mass is 471 g/mol. The van der Waals surface area contributed by atoms with Crippen LogP contribution in [0.3, 0.4) is 0 Å². The number of esters is 1. The number of cyclic esters (lactones) is 1. The summed E-state index contributed by atoms with van der Waals surface area (Å²) in [6.07, 6.45) is 4.01. The van der Waals surface area contributed by atoms with Crippen molar-refractivity contribution in [3.8, 4) is 11.1 Å². The van der Waals surface area contributed by atoms with Gasteiger partial charge in [-0.15, -0.1) is 0 Å². The van der Waals surface area contributed by atoms with Crippen molar-refractivity contribution in [1.82, 2.24) is 4.98 Å². The van der Waals surface area contributed by atoms with E-state index in [4.69, 9.17) is 4.74 Å². The molecule has 2 aromatic rings. The van der Waals surface area contributed by atoms with Gasteiger partial charge in [0.1, 0.15) is 6.10 Å². The summed E-state index contributed by atoms with van der Waals surface area (Å²) in [5.74, 6) is 0.669. The number of fused-ring (bicyclic) bond motifs is 2. The lowest BCUT2D eigenvalue weighted by atomic mass is 9.57. The first-order valence-corrected chi connectivity index (χ1v) is 11.9. The Balaban J connectivity index is 1.38. The number of pyridine rings is 1. The van der Waals surface area contributed by atoms with E-state index in [0.717, 1.165) is 37.8 Å². The zero-order valence-electron chi connectivity index (χ0n) is 18.9. The molecule has 1 aliphatic heterocycles. The Hall–Kier alpha value is -2.67. The predicted molar refractivity (Wildman–Crippen MR) is 121 cm³/mol. The molecule has 2 aliphatic carbocycles. The predicted octanol–water partition coefficient (Wildman–Crippen LogP) is 5.76. The molecule has 5 rings (SSSR count). The number of rotatable bonds is 3. The van der Waals surface area contributed by atoms with Gasteiger partial charge in [-0.2, -0.15) is 13.2 Å². The van der Waals surface area contributed by atoms with E-state index in [9.17, 15) is 23.1 Å². The highest BCUT2D eigenvalue weighted by molar-refractivity contribution is 5.75. The third-order valence-corrected chi connectivity index (χ3v) is 7.93. The number of nitrogens with zero attached hydrogens (tertiary/aromatic N) is 1. The highest BCUT2D eigenvalue weighted by atomic mass is 19.4. The van der Waals surface area contributed by atoms with Crippen LogP contribution in [0.15, 0.2) is 48.7 Å².